The summed E-state index contributed by atoms with van der Waals surface area (Å²) in [5.41, 5.74) is 6.90. The smallest absolute Gasteiger partial charge is 0.414 e. The lowest BCUT2D eigenvalue weighted by Crippen LogP contribution is -2.37. The number of aromatic amines is 1. The molecule has 0 unspecified atom stereocenters. The minimum Gasteiger partial charge on any atom is -0.443 e. The molecule has 0 radical (unpaired) electrons. The molecule has 0 spiro atoms. The summed E-state index contributed by atoms with van der Waals surface area (Å²) in [7, 11) is 0. The van der Waals surface area contributed by atoms with Gasteiger partial charge in [-0.05, 0) is 36.4 Å². The van der Waals surface area contributed by atoms with E-state index in [4.69, 9.17) is 15.2 Å². The number of aromatic nitrogens is 4. The van der Waals surface area contributed by atoms with Crippen LogP contribution in [-0.2, 0) is 14.3 Å². The number of hydrogen-bond acceptors (Lipinski definition) is 10. The second kappa shape index (κ2) is 11.8. The highest BCUT2D eigenvalue weighted by atomic mass is 32.2. The Morgan fingerprint density at radius 3 is 2.23 bits per heavy atom. The Morgan fingerprint density at radius 2 is 1.60 bits per heavy atom. The third-order valence-corrected chi connectivity index (χ3v) is 7.99. The van der Waals surface area contributed by atoms with Crippen molar-refractivity contribution in [2.45, 2.75) is 17.2 Å². The third kappa shape index (κ3) is 5.78. The Morgan fingerprint density at radius 1 is 0.977 bits per heavy atom. The van der Waals surface area contributed by atoms with Crippen molar-refractivity contribution in [2.24, 2.45) is 5.73 Å². The quantitative estimate of drug-likeness (QED) is 0.189. The number of fused-ring (bicyclic) bond motifs is 1. The van der Waals surface area contributed by atoms with Crippen molar-refractivity contribution < 1.29 is 32.6 Å². The molecule has 16 heteroatoms. The molecule has 43 heavy (non-hydrogen) atoms. The summed E-state index contributed by atoms with van der Waals surface area (Å²) in [6, 6.07) is 7.99. The number of benzene rings is 2. The lowest BCUT2D eigenvalue weighted by atomic mass is 10.0. The molecule has 2 fully saturated rings. The molecule has 2 saturated heterocycles. The third-order valence-electron chi connectivity index (χ3n) is 6.87. The summed E-state index contributed by atoms with van der Waals surface area (Å²) in [5, 5.41) is 3.20. The number of rotatable bonds is 9. The highest BCUT2D eigenvalue weighted by Crippen LogP contribution is 2.34. The van der Waals surface area contributed by atoms with Crippen LogP contribution < -0.4 is 20.9 Å². The Balaban J connectivity index is 1.11. The van der Waals surface area contributed by atoms with E-state index in [1.165, 1.54) is 58.5 Å². The van der Waals surface area contributed by atoms with Gasteiger partial charge >= 0.3 is 12.2 Å². The maximum absolute atomic E-state index is 15.3. The second-order valence-electron chi connectivity index (χ2n) is 9.66. The zero-order valence-electron chi connectivity index (χ0n) is 22.3. The van der Waals surface area contributed by atoms with E-state index in [-0.39, 0.29) is 48.7 Å². The van der Waals surface area contributed by atoms with Gasteiger partial charge in [-0.1, -0.05) is 0 Å². The van der Waals surface area contributed by atoms with E-state index in [0.29, 0.717) is 21.9 Å². The SMILES string of the molecule is NCC(=O)NC[C@H]1CN(c2ccc(-c3ccc(N4C[C@H](CSc5ncnc6nc[nH]c56)OC4=O)cc3F)c(F)c2)C(=O)O1. The molecular weight excluding hydrogens is 586 g/mol. The minimum absolute atomic E-state index is 0.0221. The first kappa shape index (κ1) is 28.3. The lowest BCUT2D eigenvalue weighted by Gasteiger charge is -2.16. The first-order chi connectivity index (χ1) is 20.8. The number of hydrogen-bond donors (Lipinski definition) is 3. The Hall–Kier alpha value is -4.83. The number of nitrogens with zero attached hydrogens (tertiary/aromatic N) is 5. The van der Waals surface area contributed by atoms with Crippen molar-refractivity contribution in [1.29, 1.82) is 0 Å². The summed E-state index contributed by atoms with van der Waals surface area (Å²) >= 11 is 1.37. The van der Waals surface area contributed by atoms with Crippen molar-refractivity contribution in [3.8, 4) is 11.1 Å². The van der Waals surface area contributed by atoms with E-state index >= 15 is 8.78 Å². The van der Waals surface area contributed by atoms with Crippen LogP contribution in [0.3, 0.4) is 0 Å². The van der Waals surface area contributed by atoms with Crippen LogP contribution in [0.4, 0.5) is 29.7 Å². The van der Waals surface area contributed by atoms with Crippen LogP contribution in [0.25, 0.3) is 22.3 Å². The molecular formula is C27H24F2N8O5S. The van der Waals surface area contributed by atoms with Crippen molar-refractivity contribution in [3.63, 3.8) is 0 Å². The van der Waals surface area contributed by atoms with Gasteiger partial charge in [0, 0.05) is 16.9 Å². The minimum atomic E-state index is -0.759. The van der Waals surface area contributed by atoms with Crippen LogP contribution in [-0.4, -0.2) is 82.2 Å². The normalized spacial score (nSPS) is 18.3. The number of nitrogens with two attached hydrogens (primary N) is 1. The fraction of sp³-hybridized carbons (Fsp3) is 0.259. The van der Waals surface area contributed by atoms with Gasteiger partial charge in [-0.3, -0.25) is 14.6 Å². The Bertz CT molecular complexity index is 1720. The number of carbonyl (C=O) groups excluding carboxylic acids is 3. The zero-order valence-corrected chi connectivity index (χ0v) is 23.1. The van der Waals surface area contributed by atoms with Gasteiger partial charge in [-0.2, -0.15) is 0 Å². The van der Waals surface area contributed by atoms with Gasteiger partial charge in [0.05, 0.1) is 43.9 Å². The maximum atomic E-state index is 15.3. The molecule has 0 saturated carbocycles. The fourth-order valence-electron chi connectivity index (χ4n) is 4.76. The number of anilines is 2. The van der Waals surface area contributed by atoms with Crippen LogP contribution >= 0.6 is 11.8 Å². The fourth-order valence-corrected chi connectivity index (χ4v) is 5.70. The van der Waals surface area contributed by atoms with Gasteiger partial charge in [0.2, 0.25) is 5.91 Å². The number of thioether (sulfide) groups is 1. The summed E-state index contributed by atoms with van der Waals surface area (Å²) in [4.78, 5) is 54.2. The molecule has 13 nitrogen and oxygen atoms in total. The number of carbonyl (C=O) groups is 3. The molecule has 4 aromatic rings. The van der Waals surface area contributed by atoms with Crippen molar-refractivity contribution in [2.75, 3.05) is 41.7 Å². The number of halogens is 2. The molecule has 0 aliphatic carbocycles. The Kier molecular flexibility index (Phi) is 7.77. The predicted molar refractivity (Wildman–Crippen MR) is 151 cm³/mol. The number of ether oxygens (including phenoxy) is 2. The van der Waals surface area contributed by atoms with Gasteiger partial charge in [-0.15, -0.1) is 11.8 Å². The molecule has 2 aliphatic rings. The maximum Gasteiger partial charge on any atom is 0.414 e. The van der Waals surface area contributed by atoms with Crippen LogP contribution in [0.15, 0.2) is 54.1 Å². The van der Waals surface area contributed by atoms with Crippen LogP contribution in [0.1, 0.15) is 0 Å². The standard InChI is InChI=1S/C27H24F2N8O5S/c28-20-5-14(36-9-16(41-26(36)39)8-31-22(38)7-30)1-3-18(20)19-4-2-15(6-21(19)29)37-10-17(42-27(37)40)11-43-25-23-24(33-12-32-23)34-13-35-25/h1-6,12-13,16-17H,7-11,30H2,(H,31,38)(H,32,33,34,35)/t16-,17+/m0/s1. The average Bonchev–Trinajstić information content (AvgIpc) is 3.73. The summed E-state index contributed by atoms with van der Waals surface area (Å²) in [5.74, 6) is -1.49. The number of amides is 3. The lowest BCUT2D eigenvalue weighted by molar-refractivity contribution is -0.120. The molecule has 2 atom stereocenters. The van der Waals surface area contributed by atoms with E-state index in [9.17, 15) is 14.4 Å². The van der Waals surface area contributed by atoms with Crippen molar-refractivity contribution in [1.82, 2.24) is 25.3 Å². The van der Waals surface area contributed by atoms with Gasteiger partial charge in [0.1, 0.15) is 40.7 Å². The van der Waals surface area contributed by atoms with Gasteiger partial charge in [0.15, 0.2) is 5.65 Å². The Labute approximate surface area is 246 Å². The number of cyclic esters (lactones) is 2. The molecule has 2 aliphatic heterocycles. The second-order valence-corrected chi connectivity index (χ2v) is 10.7. The average molecular weight is 611 g/mol. The molecule has 4 N–H and O–H groups in total. The van der Waals surface area contributed by atoms with E-state index < -0.39 is 41.9 Å². The van der Waals surface area contributed by atoms with E-state index in [2.05, 4.69) is 25.3 Å². The van der Waals surface area contributed by atoms with Crippen molar-refractivity contribution >= 4 is 52.4 Å². The van der Waals surface area contributed by atoms with E-state index in [0.717, 1.165) is 12.1 Å². The summed E-state index contributed by atoms with van der Waals surface area (Å²) in [6.07, 6.45) is 0.490. The van der Waals surface area contributed by atoms with Gasteiger partial charge < -0.3 is 25.5 Å². The molecule has 4 heterocycles. The molecule has 2 aromatic carbocycles. The predicted octanol–water partition coefficient (Wildman–Crippen LogP) is 2.82. The first-order valence-electron chi connectivity index (χ1n) is 13.1. The molecule has 3 amide bonds. The van der Waals surface area contributed by atoms with Crippen LogP contribution in [0, 0.1) is 11.6 Å². The van der Waals surface area contributed by atoms with Gasteiger partial charge in [-0.25, -0.2) is 33.3 Å². The topological polar surface area (TPSA) is 169 Å². The van der Waals surface area contributed by atoms with E-state index in [1.807, 2.05) is 0 Å². The number of nitrogens with one attached hydrogen (secondary N) is 2. The summed E-state index contributed by atoms with van der Waals surface area (Å²) < 4.78 is 41.2. The van der Waals surface area contributed by atoms with Crippen LogP contribution in [0.5, 0.6) is 0 Å². The molecule has 2 aromatic heterocycles. The van der Waals surface area contributed by atoms with Gasteiger partial charge in [0.25, 0.3) is 0 Å². The molecule has 222 valence electrons. The molecule has 6 rings (SSSR count). The van der Waals surface area contributed by atoms with Crippen molar-refractivity contribution in [3.05, 3.63) is 60.7 Å². The number of imidazole rings is 1. The van der Waals surface area contributed by atoms with E-state index in [1.54, 1.807) is 0 Å². The largest absolute Gasteiger partial charge is 0.443 e. The first-order valence-corrected chi connectivity index (χ1v) is 14.1. The summed E-state index contributed by atoms with van der Waals surface area (Å²) in [6.45, 7) is 0.144. The molecule has 0 bridgehead atoms. The van der Waals surface area contributed by atoms with Crippen LogP contribution in [0.2, 0.25) is 0 Å². The monoisotopic (exact) mass is 610 g/mol. The highest BCUT2D eigenvalue weighted by Gasteiger charge is 2.34. The highest BCUT2D eigenvalue weighted by molar-refractivity contribution is 7.99. The number of H-pyrrole nitrogens is 1. The zero-order chi connectivity index (χ0) is 30.1.